The summed E-state index contributed by atoms with van der Waals surface area (Å²) in [5.41, 5.74) is 0. The molecular formula is C5H3F3N3O2. The summed E-state index contributed by atoms with van der Waals surface area (Å²) in [7, 11) is 0.838. The molecule has 0 unspecified atom stereocenters. The Hall–Kier alpha value is -1.60. The first kappa shape index (κ1) is 9.49. The molecule has 71 valence electrons. The molecule has 0 N–H and O–H groups in total. The van der Waals surface area contributed by atoms with Gasteiger partial charge in [-0.2, -0.15) is 18.2 Å². The number of rotatable bonds is 0. The summed E-state index contributed by atoms with van der Waals surface area (Å²) in [5, 5.41) is 2.69. The highest BCUT2D eigenvalue weighted by molar-refractivity contribution is 6.13. The SMILES string of the molecule is CN1C(=O)[N]C(=O)N=C1C(F)(F)F. The van der Waals surface area contributed by atoms with Crippen LogP contribution in [0.5, 0.6) is 0 Å². The van der Waals surface area contributed by atoms with Crippen molar-refractivity contribution in [3.63, 3.8) is 0 Å². The van der Waals surface area contributed by atoms with Crippen molar-refractivity contribution in [2.75, 3.05) is 7.05 Å². The van der Waals surface area contributed by atoms with E-state index in [9.17, 15) is 22.8 Å². The number of imide groups is 1. The molecule has 5 nitrogen and oxygen atoms in total. The highest BCUT2D eigenvalue weighted by Gasteiger charge is 2.44. The molecule has 0 aliphatic carbocycles. The molecule has 1 rings (SSSR count). The summed E-state index contributed by atoms with van der Waals surface area (Å²) in [6.07, 6.45) is -4.82. The standard InChI is InChI=1S/C5H3F3N3O2/c1-11-2(5(6,7)8)9-3(12)10-4(11)13/h1H3. The minimum atomic E-state index is -4.82. The van der Waals surface area contributed by atoms with E-state index in [1.807, 2.05) is 0 Å². The lowest BCUT2D eigenvalue weighted by atomic mass is 10.4. The lowest BCUT2D eigenvalue weighted by Crippen LogP contribution is -2.50. The van der Waals surface area contributed by atoms with Crippen LogP contribution in [0.1, 0.15) is 0 Å². The van der Waals surface area contributed by atoms with E-state index < -0.39 is 24.1 Å². The molecular weight excluding hydrogens is 191 g/mol. The van der Waals surface area contributed by atoms with Crippen LogP contribution in [0.15, 0.2) is 4.99 Å². The number of urea groups is 2. The Morgan fingerprint density at radius 3 is 2.31 bits per heavy atom. The van der Waals surface area contributed by atoms with Crippen LogP contribution in [-0.4, -0.2) is 36.0 Å². The smallest absolute Gasteiger partial charge is 0.275 e. The molecule has 0 spiro atoms. The number of hydrogen-bond acceptors (Lipinski definition) is 2. The van der Waals surface area contributed by atoms with Crippen LogP contribution in [-0.2, 0) is 0 Å². The maximum Gasteiger partial charge on any atom is 0.450 e. The highest BCUT2D eigenvalue weighted by Crippen LogP contribution is 2.21. The van der Waals surface area contributed by atoms with E-state index in [-0.39, 0.29) is 4.90 Å². The lowest BCUT2D eigenvalue weighted by molar-refractivity contribution is -0.0665. The molecule has 0 atom stereocenters. The Bertz CT molecular complexity index is 296. The molecule has 0 saturated heterocycles. The first-order valence-corrected chi connectivity index (χ1v) is 3.01. The van der Waals surface area contributed by atoms with Crippen LogP contribution in [0, 0.1) is 0 Å². The number of amides is 4. The number of aliphatic imine (C=N–C) groups is 1. The second-order valence-electron chi connectivity index (χ2n) is 2.17. The fourth-order valence-electron chi connectivity index (χ4n) is 0.692. The van der Waals surface area contributed by atoms with Gasteiger partial charge in [0, 0.05) is 7.05 Å². The number of halogens is 3. The zero-order chi connectivity index (χ0) is 10.2. The Kier molecular flexibility index (Phi) is 1.98. The zero-order valence-corrected chi connectivity index (χ0v) is 6.29. The molecule has 0 aromatic carbocycles. The van der Waals surface area contributed by atoms with Gasteiger partial charge in [-0.25, -0.2) is 9.59 Å². The van der Waals surface area contributed by atoms with Crippen molar-refractivity contribution in [2.45, 2.75) is 6.18 Å². The third kappa shape index (κ3) is 1.76. The van der Waals surface area contributed by atoms with E-state index in [4.69, 9.17) is 0 Å². The van der Waals surface area contributed by atoms with Crippen LogP contribution in [0.25, 0.3) is 0 Å². The third-order valence-electron chi connectivity index (χ3n) is 1.25. The fraction of sp³-hybridized carbons (Fsp3) is 0.400. The van der Waals surface area contributed by atoms with Gasteiger partial charge in [0.25, 0.3) is 0 Å². The van der Waals surface area contributed by atoms with Crippen LogP contribution in [0.4, 0.5) is 22.8 Å². The second-order valence-corrected chi connectivity index (χ2v) is 2.17. The molecule has 0 fully saturated rings. The average molecular weight is 194 g/mol. The fourth-order valence-corrected chi connectivity index (χ4v) is 0.692. The van der Waals surface area contributed by atoms with E-state index in [0.29, 0.717) is 0 Å². The number of carbonyl (C=O) groups is 2. The van der Waals surface area contributed by atoms with Gasteiger partial charge >= 0.3 is 18.2 Å². The lowest BCUT2D eigenvalue weighted by Gasteiger charge is -2.22. The maximum absolute atomic E-state index is 12.0. The maximum atomic E-state index is 12.0. The number of amidine groups is 1. The molecule has 4 amide bonds. The van der Waals surface area contributed by atoms with Crippen LogP contribution in [0.3, 0.4) is 0 Å². The van der Waals surface area contributed by atoms with Gasteiger partial charge in [0.2, 0.25) is 5.84 Å². The average Bonchev–Trinajstić information content (AvgIpc) is 1.94. The van der Waals surface area contributed by atoms with E-state index in [2.05, 4.69) is 10.3 Å². The van der Waals surface area contributed by atoms with Gasteiger partial charge in [0.15, 0.2) is 0 Å². The Morgan fingerprint density at radius 2 is 1.85 bits per heavy atom. The summed E-state index contributed by atoms with van der Waals surface area (Å²) >= 11 is 0. The topological polar surface area (TPSA) is 63.8 Å². The van der Waals surface area contributed by atoms with Crippen molar-refractivity contribution in [3.05, 3.63) is 0 Å². The minimum absolute atomic E-state index is 0.168. The van der Waals surface area contributed by atoms with Gasteiger partial charge < -0.3 is 0 Å². The Labute approximate surface area is 70.2 Å². The van der Waals surface area contributed by atoms with Gasteiger partial charge in [-0.05, 0) is 0 Å². The van der Waals surface area contributed by atoms with Crippen molar-refractivity contribution < 1.29 is 22.8 Å². The normalized spacial score (nSPS) is 18.5. The van der Waals surface area contributed by atoms with Crippen molar-refractivity contribution >= 4 is 17.9 Å². The monoisotopic (exact) mass is 194 g/mol. The van der Waals surface area contributed by atoms with Crippen LogP contribution in [0.2, 0.25) is 0 Å². The largest absolute Gasteiger partial charge is 0.450 e. The summed E-state index contributed by atoms with van der Waals surface area (Å²) in [6.45, 7) is 0. The first-order valence-electron chi connectivity index (χ1n) is 3.01. The van der Waals surface area contributed by atoms with Gasteiger partial charge in [0.05, 0.1) is 0 Å². The van der Waals surface area contributed by atoms with Crippen molar-refractivity contribution in [1.82, 2.24) is 10.2 Å². The van der Waals surface area contributed by atoms with E-state index in [1.54, 1.807) is 0 Å². The molecule has 1 aliphatic rings. The molecule has 1 aliphatic heterocycles. The van der Waals surface area contributed by atoms with E-state index in [1.165, 1.54) is 0 Å². The molecule has 0 aromatic rings. The quantitative estimate of drug-likeness (QED) is 0.570. The third-order valence-corrected chi connectivity index (χ3v) is 1.25. The van der Waals surface area contributed by atoms with E-state index >= 15 is 0 Å². The Morgan fingerprint density at radius 1 is 1.31 bits per heavy atom. The zero-order valence-electron chi connectivity index (χ0n) is 6.29. The molecule has 0 aromatic heterocycles. The number of nitrogens with zero attached hydrogens (tertiary/aromatic N) is 3. The molecule has 0 saturated carbocycles. The molecule has 1 heterocycles. The van der Waals surface area contributed by atoms with Crippen LogP contribution >= 0.6 is 0 Å². The minimum Gasteiger partial charge on any atom is -0.275 e. The van der Waals surface area contributed by atoms with Crippen LogP contribution < -0.4 is 5.32 Å². The molecule has 13 heavy (non-hydrogen) atoms. The Balaban J connectivity index is 3.07. The van der Waals surface area contributed by atoms with Gasteiger partial charge in [0.1, 0.15) is 0 Å². The summed E-state index contributed by atoms with van der Waals surface area (Å²) < 4.78 is 36.1. The first-order chi connectivity index (χ1) is 5.82. The van der Waals surface area contributed by atoms with Gasteiger partial charge in [-0.1, -0.05) is 0 Å². The second kappa shape index (κ2) is 2.71. The number of carbonyl (C=O) groups excluding carboxylic acids is 2. The summed E-state index contributed by atoms with van der Waals surface area (Å²) in [5.74, 6) is -1.54. The van der Waals surface area contributed by atoms with Crippen molar-refractivity contribution in [2.24, 2.45) is 4.99 Å². The summed E-state index contributed by atoms with van der Waals surface area (Å²) in [4.78, 5) is 23.7. The predicted octanol–water partition coefficient (Wildman–Crippen LogP) is 0.737. The van der Waals surface area contributed by atoms with Gasteiger partial charge in [-0.15, -0.1) is 5.32 Å². The van der Waals surface area contributed by atoms with Gasteiger partial charge in [-0.3, -0.25) is 4.90 Å². The predicted molar refractivity (Wildman–Crippen MR) is 34.2 cm³/mol. The number of hydrogen-bond donors (Lipinski definition) is 0. The van der Waals surface area contributed by atoms with Crippen molar-refractivity contribution in [1.29, 1.82) is 0 Å². The highest BCUT2D eigenvalue weighted by atomic mass is 19.4. The molecule has 0 bridgehead atoms. The summed E-state index contributed by atoms with van der Waals surface area (Å²) in [6, 6.07) is -2.71. The van der Waals surface area contributed by atoms with Crippen molar-refractivity contribution in [3.8, 4) is 0 Å². The molecule has 8 heteroatoms. The number of alkyl halides is 3. The van der Waals surface area contributed by atoms with E-state index in [0.717, 1.165) is 7.05 Å². The molecule has 1 radical (unpaired) electrons.